The summed E-state index contributed by atoms with van der Waals surface area (Å²) in [6.45, 7) is 2.60. The van der Waals surface area contributed by atoms with Gasteiger partial charge in [0.2, 0.25) is 5.91 Å². The molecule has 0 radical (unpaired) electrons. The first kappa shape index (κ1) is 18.6. The fourth-order valence-electron chi connectivity index (χ4n) is 2.27. The highest BCUT2D eigenvalue weighted by molar-refractivity contribution is 5.74. The summed E-state index contributed by atoms with van der Waals surface area (Å²) < 4.78 is 15.6. The van der Waals surface area contributed by atoms with Crippen LogP contribution in [0.15, 0.2) is 18.2 Å². The van der Waals surface area contributed by atoms with Gasteiger partial charge in [0.25, 0.3) is 0 Å². The lowest BCUT2D eigenvalue weighted by atomic mass is 10.1. The van der Waals surface area contributed by atoms with Gasteiger partial charge < -0.3 is 24.4 Å². The molecule has 1 unspecified atom stereocenters. The van der Waals surface area contributed by atoms with Crippen LogP contribution in [0, 0.1) is 0 Å². The number of alkyl carbamates (subject to hydrolysis) is 1. The Morgan fingerprint density at radius 2 is 2.13 bits per heavy atom. The monoisotopic (exact) mass is 324 g/mol. The second-order valence-corrected chi connectivity index (χ2v) is 4.99. The number of carbonyl (C=O) groups excluding carboxylic acids is 2. The van der Waals surface area contributed by atoms with E-state index in [1.165, 1.54) is 6.92 Å². The predicted molar refractivity (Wildman–Crippen MR) is 85.6 cm³/mol. The van der Waals surface area contributed by atoms with Gasteiger partial charge in [0.05, 0.1) is 27.3 Å². The average molecular weight is 324 g/mol. The summed E-state index contributed by atoms with van der Waals surface area (Å²) in [5, 5.41) is 2.58. The van der Waals surface area contributed by atoms with E-state index >= 15 is 0 Å². The molecule has 7 heteroatoms. The van der Waals surface area contributed by atoms with Gasteiger partial charge in [-0.1, -0.05) is 7.43 Å². The van der Waals surface area contributed by atoms with Gasteiger partial charge in [-0.15, -0.1) is 0 Å². The minimum Gasteiger partial charge on any atom is -0.497 e. The van der Waals surface area contributed by atoms with E-state index in [2.05, 4.69) is 5.32 Å². The Kier molecular flexibility index (Phi) is 6.68. The van der Waals surface area contributed by atoms with E-state index in [-0.39, 0.29) is 19.4 Å². The Bertz CT molecular complexity index is 561. The van der Waals surface area contributed by atoms with Gasteiger partial charge in [0, 0.05) is 25.1 Å². The molecular weight excluding hydrogens is 300 g/mol. The summed E-state index contributed by atoms with van der Waals surface area (Å²) in [6, 6.07) is 5.44. The molecule has 0 aromatic heterocycles. The van der Waals surface area contributed by atoms with Crippen molar-refractivity contribution < 1.29 is 23.8 Å². The summed E-state index contributed by atoms with van der Waals surface area (Å²) in [7, 11) is 3.15. The van der Waals surface area contributed by atoms with E-state index in [0.29, 0.717) is 31.1 Å². The van der Waals surface area contributed by atoms with Gasteiger partial charge in [-0.2, -0.15) is 0 Å². The summed E-state index contributed by atoms with van der Waals surface area (Å²) in [6.07, 6.45) is -0.781. The molecule has 1 saturated heterocycles. The number of hydrogen-bond acceptors (Lipinski definition) is 5. The number of ether oxygens (including phenoxy) is 3. The molecule has 2 amide bonds. The van der Waals surface area contributed by atoms with Crippen LogP contribution in [0.5, 0.6) is 11.5 Å². The largest absolute Gasteiger partial charge is 0.497 e. The molecule has 1 atom stereocenters. The minimum absolute atomic E-state index is 0. The first-order valence-corrected chi connectivity index (χ1v) is 6.94. The number of nitrogens with zero attached hydrogens (tertiary/aromatic N) is 1. The van der Waals surface area contributed by atoms with E-state index in [9.17, 15) is 9.59 Å². The van der Waals surface area contributed by atoms with Crippen LogP contribution in [0.3, 0.4) is 0 Å². The SMILES string of the molecule is C.COc1ccc(CN(CC2CNC(=O)O2)C(C)=O)c(OC)c1. The van der Waals surface area contributed by atoms with Crippen molar-refractivity contribution in [2.24, 2.45) is 0 Å². The predicted octanol–water partition coefficient (Wildman–Crippen LogP) is 1.80. The van der Waals surface area contributed by atoms with E-state index < -0.39 is 6.09 Å². The third kappa shape index (κ3) is 4.77. The summed E-state index contributed by atoms with van der Waals surface area (Å²) in [5.74, 6) is 1.23. The molecule has 23 heavy (non-hydrogen) atoms. The molecule has 1 aromatic rings. The van der Waals surface area contributed by atoms with Crippen LogP contribution in [0.1, 0.15) is 19.9 Å². The van der Waals surface area contributed by atoms with Crippen LogP contribution >= 0.6 is 0 Å². The first-order chi connectivity index (χ1) is 10.5. The van der Waals surface area contributed by atoms with Crippen molar-refractivity contribution in [2.75, 3.05) is 27.3 Å². The molecular formula is C16H24N2O5. The number of rotatable bonds is 6. The van der Waals surface area contributed by atoms with Crippen molar-refractivity contribution in [1.29, 1.82) is 0 Å². The second kappa shape index (κ2) is 8.26. The highest BCUT2D eigenvalue weighted by Gasteiger charge is 2.26. The Morgan fingerprint density at radius 3 is 2.65 bits per heavy atom. The van der Waals surface area contributed by atoms with Crippen LogP contribution in [0.25, 0.3) is 0 Å². The lowest BCUT2D eigenvalue weighted by Gasteiger charge is -2.24. The highest BCUT2D eigenvalue weighted by atomic mass is 16.6. The number of methoxy groups -OCH3 is 2. The Balaban J connectivity index is 0.00000264. The topological polar surface area (TPSA) is 77.1 Å². The molecule has 1 aromatic carbocycles. The quantitative estimate of drug-likeness (QED) is 0.863. The van der Waals surface area contributed by atoms with Gasteiger partial charge >= 0.3 is 6.09 Å². The molecule has 0 bridgehead atoms. The van der Waals surface area contributed by atoms with Crippen molar-refractivity contribution in [3.05, 3.63) is 23.8 Å². The summed E-state index contributed by atoms with van der Waals surface area (Å²) in [4.78, 5) is 24.5. The summed E-state index contributed by atoms with van der Waals surface area (Å²) >= 11 is 0. The normalized spacial score (nSPS) is 16.0. The molecule has 1 aliphatic heterocycles. The third-order valence-corrected chi connectivity index (χ3v) is 3.47. The molecule has 1 N–H and O–H groups in total. The lowest BCUT2D eigenvalue weighted by Crippen LogP contribution is -2.37. The number of nitrogens with one attached hydrogen (secondary N) is 1. The fourth-order valence-corrected chi connectivity index (χ4v) is 2.27. The maximum atomic E-state index is 11.8. The van der Waals surface area contributed by atoms with Gasteiger partial charge in [-0.25, -0.2) is 4.79 Å². The van der Waals surface area contributed by atoms with Crippen LogP contribution in [-0.4, -0.2) is 50.3 Å². The van der Waals surface area contributed by atoms with Crippen LogP contribution < -0.4 is 14.8 Å². The van der Waals surface area contributed by atoms with Crippen molar-refractivity contribution in [1.82, 2.24) is 10.2 Å². The van der Waals surface area contributed by atoms with Crippen LogP contribution in [-0.2, 0) is 16.1 Å². The van der Waals surface area contributed by atoms with Crippen LogP contribution in [0.2, 0.25) is 0 Å². The molecule has 128 valence electrons. The van der Waals surface area contributed by atoms with Gasteiger partial charge in [0.15, 0.2) is 0 Å². The maximum Gasteiger partial charge on any atom is 0.407 e. The highest BCUT2D eigenvalue weighted by Crippen LogP contribution is 2.26. The number of benzene rings is 1. The van der Waals surface area contributed by atoms with E-state index in [1.54, 1.807) is 25.2 Å². The van der Waals surface area contributed by atoms with Crippen molar-refractivity contribution in [3.8, 4) is 11.5 Å². The van der Waals surface area contributed by atoms with Gasteiger partial charge in [-0.3, -0.25) is 4.79 Å². The zero-order chi connectivity index (χ0) is 16.1. The molecule has 2 rings (SSSR count). The Morgan fingerprint density at radius 1 is 1.39 bits per heavy atom. The fraction of sp³-hybridized carbons (Fsp3) is 0.500. The van der Waals surface area contributed by atoms with E-state index in [4.69, 9.17) is 14.2 Å². The maximum absolute atomic E-state index is 11.8. The second-order valence-electron chi connectivity index (χ2n) is 4.99. The zero-order valence-electron chi connectivity index (χ0n) is 12.9. The standard InChI is InChI=1S/C15H20N2O5.CH4/c1-10(18)17(9-13-7-16-15(19)22-13)8-11-4-5-12(20-2)6-14(11)21-3;/h4-6,13H,7-9H2,1-3H3,(H,16,19);1H4. The Labute approximate surface area is 136 Å². The Hall–Kier alpha value is -2.44. The minimum atomic E-state index is -0.449. The lowest BCUT2D eigenvalue weighted by molar-refractivity contribution is -0.130. The van der Waals surface area contributed by atoms with Crippen molar-refractivity contribution in [2.45, 2.75) is 27.0 Å². The number of carbonyl (C=O) groups is 2. The number of hydrogen-bond donors (Lipinski definition) is 1. The molecule has 0 saturated carbocycles. The molecule has 1 fully saturated rings. The summed E-state index contributed by atoms with van der Waals surface area (Å²) in [5.41, 5.74) is 0.857. The van der Waals surface area contributed by atoms with Crippen molar-refractivity contribution >= 4 is 12.0 Å². The van der Waals surface area contributed by atoms with E-state index in [1.807, 2.05) is 12.1 Å². The average Bonchev–Trinajstić information content (AvgIpc) is 2.92. The number of amides is 2. The molecule has 1 heterocycles. The molecule has 0 aliphatic carbocycles. The molecule has 7 nitrogen and oxygen atoms in total. The molecule has 0 spiro atoms. The molecule has 1 aliphatic rings. The first-order valence-electron chi connectivity index (χ1n) is 6.94. The smallest absolute Gasteiger partial charge is 0.407 e. The third-order valence-electron chi connectivity index (χ3n) is 3.47. The van der Waals surface area contributed by atoms with Gasteiger partial charge in [-0.05, 0) is 12.1 Å². The van der Waals surface area contributed by atoms with E-state index in [0.717, 1.165) is 5.56 Å². The zero-order valence-corrected chi connectivity index (χ0v) is 12.9. The van der Waals surface area contributed by atoms with Crippen molar-refractivity contribution in [3.63, 3.8) is 0 Å². The number of cyclic esters (lactones) is 1. The van der Waals surface area contributed by atoms with Crippen LogP contribution in [0.4, 0.5) is 4.79 Å². The van der Waals surface area contributed by atoms with Gasteiger partial charge in [0.1, 0.15) is 17.6 Å².